The summed E-state index contributed by atoms with van der Waals surface area (Å²) in [5.41, 5.74) is -0.319. The Hall–Kier alpha value is -3.68. The molecule has 2 unspecified atom stereocenters. The van der Waals surface area contributed by atoms with Crippen molar-refractivity contribution in [2.75, 3.05) is 28.2 Å². The summed E-state index contributed by atoms with van der Waals surface area (Å²) in [6.07, 6.45) is -0.877. The van der Waals surface area contributed by atoms with Crippen molar-refractivity contribution in [1.29, 1.82) is 0 Å². The largest absolute Gasteiger partial charge is 0.428 e. The van der Waals surface area contributed by atoms with E-state index in [1.807, 2.05) is 13.8 Å². The van der Waals surface area contributed by atoms with Crippen LogP contribution in [0, 0.1) is 0 Å². The van der Waals surface area contributed by atoms with Crippen LogP contribution in [0.25, 0.3) is 0 Å². The number of hydrogen-bond donors (Lipinski definition) is 0. The van der Waals surface area contributed by atoms with Crippen LogP contribution in [-0.2, 0) is 15.1 Å². The third-order valence-corrected chi connectivity index (χ3v) is 5.70. The molecule has 0 heterocycles. The zero-order valence-corrected chi connectivity index (χ0v) is 19.6. The molecule has 0 spiro atoms. The summed E-state index contributed by atoms with van der Waals surface area (Å²) in [5.74, 6) is -1.52. The van der Waals surface area contributed by atoms with Crippen LogP contribution in [0.15, 0.2) is 42.5 Å². The van der Waals surface area contributed by atoms with Gasteiger partial charge < -0.3 is 24.1 Å². The molecule has 0 bridgehead atoms. The molecule has 2 atom stereocenters. The normalized spacial score (nSPS) is 19.1. The molecule has 0 aromatic heterocycles. The van der Waals surface area contributed by atoms with Gasteiger partial charge >= 0.3 is 12.2 Å². The Morgan fingerprint density at radius 3 is 2.21 bits per heavy atom. The number of nitrogens with zero attached hydrogens (tertiary/aromatic N) is 2. The van der Waals surface area contributed by atoms with Gasteiger partial charge in [-0.2, -0.15) is 0 Å². The first-order valence-corrected chi connectivity index (χ1v) is 10.6. The molecular formula is C25H28N2O6. The first-order chi connectivity index (χ1) is 15.5. The molecule has 0 saturated carbocycles. The van der Waals surface area contributed by atoms with E-state index < -0.39 is 29.5 Å². The van der Waals surface area contributed by atoms with Crippen LogP contribution in [0.5, 0.6) is 5.75 Å². The molecule has 0 aliphatic heterocycles. The SMILES string of the molecule is CC(C)c1ccc(C2(OC(=O)N(C)C)C(=O)c3ccccc3C2C=O)c(OC(=O)N(C)C)c1. The third-order valence-electron chi connectivity index (χ3n) is 5.70. The molecule has 0 saturated heterocycles. The Morgan fingerprint density at radius 2 is 1.64 bits per heavy atom. The molecule has 33 heavy (non-hydrogen) atoms. The van der Waals surface area contributed by atoms with Crippen LogP contribution < -0.4 is 4.74 Å². The van der Waals surface area contributed by atoms with Crippen molar-refractivity contribution in [1.82, 2.24) is 9.80 Å². The summed E-state index contributed by atoms with van der Waals surface area (Å²) in [6.45, 7) is 3.94. The fraction of sp³-hybridized carbons (Fsp3) is 0.360. The molecule has 1 aliphatic carbocycles. The lowest BCUT2D eigenvalue weighted by Crippen LogP contribution is -2.45. The van der Waals surface area contributed by atoms with Gasteiger partial charge in [-0.25, -0.2) is 9.59 Å². The van der Waals surface area contributed by atoms with Crippen molar-refractivity contribution in [3.05, 3.63) is 64.7 Å². The van der Waals surface area contributed by atoms with Crippen molar-refractivity contribution in [2.24, 2.45) is 0 Å². The fourth-order valence-corrected chi connectivity index (χ4v) is 3.86. The predicted octanol–water partition coefficient (Wildman–Crippen LogP) is 3.94. The topological polar surface area (TPSA) is 93.2 Å². The van der Waals surface area contributed by atoms with Gasteiger partial charge in [-0.15, -0.1) is 0 Å². The van der Waals surface area contributed by atoms with Crippen molar-refractivity contribution in [3.63, 3.8) is 0 Å². The number of ether oxygens (including phenoxy) is 2. The average molecular weight is 453 g/mol. The number of Topliss-reactive ketones (excluding diaryl/α,β-unsaturated/α-hetero) is 1. The molecule has 3 rings (SSSR count). The van der Waals surface area contributed by atoms with Crippen molar-refractivity contribution in [3.8, 4) is 5.75 Å². The van der Waals surface area contributed by atoms with E-state index in [2.05, 4.69) is 0 Å². The first-order valence-electron chi connectivity index (χ1n) is 10.6. The minimum absolute atomic E-state index is 0.0551. The number of amides is 2. The van der Waals surface area contributed by atoms with Gasteiger partial charge in [0.1, 0.15) is 12.0 Å². The second-order valence-corrected chi connectivity index (χ2v) is 8.70. The molecule has 2 amide bonds. The number of aldehydes is 1. The van der Waals surface area contributed by atoms with E-state index in [9.17, 15) is 19.2 Å². The van der Waals surface area contributed by atoms with Gasteiger partial charge in [0, 0.05) is 39.3 Å². The quantitative estimate of drug-likeness (QED) is 0.638. The van der Waals surface area contributed by atoms with Gasteiger partial charge in [0.2, 0.25) is 11.4 Å². The minimum atomic E-state index is -2.02. The zero-order chi connectivity index (χ0) is 24.5. The summed E-state index contributed by atoms with van der Waals surface area (Å²) < 4.78 is 11.5. The second-order valence-electron chi connectivity index (χ2n) is 8.70. The maximum atomic E-state index is 13.8. The lowest BCUT2D eigenvalue weighted by atomic mass is 9.80. The average Bonchev–Trinajstić information content (AvgIpc) is 3.01. The van der Waals surface area contributed by atoms with Crippen molar-refractivity contribution < 1.29 is 28.7 Å². The Labute approximate surface area is 193 Å². The molecule has 2 aromatic rings. The number of fused-ring (bicyclic) bond motifs is 1. The number of benzene rings is 2. The molecular weight excluding hydrogens is 424 g/mol. The molecule has 2 aromatic carbocycles. The van der Waals surface area contributed by atoms with E-state index in [-0.39, 0.29) is 22.8 Å². The van der Waals surface area contributed by atoms with Gasteiger partial charge in [0.25, 0.3) is 0 Å². The Morgan fingerprint density at radius 1 is 1.00 bits per heavy atom. The molecule has 8 heteroatoms. The van der Waals surface area contributed by atoms with Crippen LogP contribution >= 0.6 is 0 Å². The highest BCUT2D eigenvalue weighted by atomic mass is 16.6. The Balaban J connectivity index is 2.33. The molecule has 8 nitrogen and oxygen atoms in total. The van der Waals surface area contributed by atoms with Crippen LogP contribution in [0.2, 0.25) is 0 Å². The highest BCUT2D eigenvalue weighted by molar-refractivity contribution is 6.12. The van der Waals surface area contributed by atoms with E-state index in [1.54, 1.807) is 42.5 Å². The Bertz CT molecular complexity index is 1110. The van der Waals surface area contributed by atoms with E-state index in [4.69, 9.17) is 9.47 Å². The molecule has 0 fully saturated rings. The zero-order valence-electron chi connectivity index (χ0n) is 19.6. The minimum Gasteiger partial charge on any atom is -0.428 e. The smallest absolute Gasteiger partial charge is 0.414 e. The van der Waals surface area contributed by atoms with Crippen LogP contribution in [0.3, 0.4) is 0 Å². The van der Waals surface area contributed by atoms with Gasteiger partial charge in [0.05, 0.1) is 5.92 Å². The Kier molecular flexibility index (Phi) is 6.58. The molecule has 0 N–H and O–H groups in total. The summed E-state index contributed by atoms with van der Waals surface area (Å²) >= 11 is 0. The summed E-state index contributed by atoms with van der Waals surface area (Å²) in [4.78, 5) is 53.9. The standard InChI is InChI=1S/C25H28N2O6/c1-15(2)16-11-12-19(21(13-16)32-23(30)26(3)4)25(33-24(31)27(5)6)20(14-28)17-9-7-8-10-18(17)22(25)29/h7-15,20H,1-6H3. The van der Waals surface area contributed by atoms with Gasteiger partial charge in [-0.3, -0.25) is 4.79 Å². The van der Waals surface area contributed by atoms with E-state index in [0.29, 0.717) is 11.8 Å². The number of carbonyl (C=O) groups is 4. The maximum Gasteiger partial charge on any atom is 0.414 e. The number of ketones is 1. The fourth-order valence-electron chi connectivity index (χ4n) is 3.86. The van der Waals surface area contributed by atoms with E-state index in [0.717, 1.165) is 5.56 Å². The third kappa shape index (κ3) is 4.08. The molecule has 0 radical (unpaired) electrons. The lowest BCUT2D eigenvalue weighted by Gasteiger charge is -2.34. The van der Waals surface area contributed by atoms with Crippen LogP contribution in [0.4, 0.5) is 9.59 Å². The maximum absolute atomic E-state index is 13.8. The molecule has 174 valence electrons. The van der Waals surface area contributed by atoms with Gasteiger partial charge in [-0.1, -0.05) is 50.2 Å². The van der Waals surface area contributed by atoms with Crippen molar-refractivity contribution >= 4 is 24.3 Å². The van der Waals surface area contributed by atoms with E-state index in [1.165, 1.54) is 38.0 Å². The number of rotatable bonds is 5. The van der Waals surface area contributed by atoms with E-state index >= 15 is 0 Å². The molecule has 1 aliphatic rings. The summed E-state index contributed by atoms with van der Waals surface area (Å²) in [5, 5.41) is 0. The lowest BCUT2D eigenvalue weighted by molar-refractivity contribution is -0.113. The van der Waals surface area contributed by atoms with Crippen molar-refractivity contribution in [2.45, 2.75) is 31.3 Å². The highest BCUT2D eigenvalue weighted by Crippen LogP contribution is 2.52. The summed E-state index contributed by atoms with van der Waals surface area (Å²) in [7, 11) is 6.02. The monoisotopic (exact) mass is 452 g/mol. The second kappa shape index (κ2) is 9.05. The highest BCUT2D eigenvalue weighted by Gasteiger charge is 2.59. The first kappa shape index (κ1) is 24.0. The summed E-state index contributed by atoms with van der Waals surface area (Å²) in [6, 6.07) is 11.6. The number of hydrogen-bond acceptors (Lipinski definition) is 6. The van der Waals surface area contributed by atoms with Crippen LogP contribution in [-0.4, -0.2) is 62.2 Å². The van der Waals surface area contributed by atoms with Crippen LogP contribution in [0.1, 0.15) is 52.7 Å². The number of carbonyl (C=O) groups excluding carboxylic acids is 4. The van der Waals surface area contributed by atoms with Gasteiger partial charge in [-0.05, 0) is 23.1 Å². The van der Waals surface area contributed by atoms with Gasteiger partial charge in [0.15, 0.2) is 0 Å². The predicted molar refractivity (Wildman–Crippen MR) is 122 cm³/mol.